The van der Waals surface area contributed by atoms with Crippen LogP contribution >= 0.6 is 0 Å². The van der Waals surface area contributed by atoms with Gasteiger partial charge in [-0.25, -0.2) is 17.6 Å². The predicted octanol–water partition coefficient (Wildman–Crippen LogP) is 1.91. The van der Waals surface area contributed by atoms with Gasteiger partial charge < -0.3 is 0 Å². The molecule has 0 bridgehead atoms. The van der Waals surface area contributed by atoms with Crippen LogP contribution < -0.4 is 0 Å². The largest absolute Gasteiger partial charge is 0.205 e. The highest BCUT2D eigenvalue weighted by atomic mass is 19.2. The number of nitriles is 1. The Kier molecular flexibility index (Phi) is 2.00. The topological polar surface area (TPSA) is 23.8 Å². The van der Waals surface area contributed by atoms with Crippen molar-refractivity contribution in [1.82, 2.24) is 0 Å². The lowest BCUT2D eigenvalue weighted by Crippen LogP contribution is -1.98. The molecule has 61 valence electrons. The van der Waals surface area contributed by atoms with E-state index in [1.165, 1.54) is 6.07 Å². The van der Waals surface area contributed by atoms with E-state index in [2.05, 4.69) is 0 Å². The summed E-state index contributed by atoms with van der Waals surface area (Å²) in [5.41, 5.74) is -1.17. The van der Waals surface area contributed by atoms with E-state index in [-0.39, 0.29) is 0 Å². The molecule has 1 radical (unpaired) electrons. The van der Waals surface area contributed by atoms with Crippen LogP contribution in [-0.4, -0.2) is 0 Å². The second-order valence-electron chi connectivity index (χ2n) is 1.87. The third-order valence-corrected chi connectivity index (χ3v) is 1.16. The Balaban J connectivity index is 3.54. The SMILES string of the molecule is N#Cc1c(F)[c]c(F)c(F)c1F. The van der Waals surface area contributed by atoms with Crippen LogP contribution in [0.15, 0.2) is 0 Å². The van der Waals surface area contributed by atoms with Gasteiger partial charge in [0.25, 0.3) is 0 Å². The molecule has 0 saturated carbocycles. The second kappa shape index (κ2) is 2.81. The number of halogens is 4. The van der Waals surface area contributed by atoms with Gasteiger partial charge in [-0.3, -0.25) is 0 Å². The second-order valence-corrected chi connectivity index (χ2v) is 1.87. The van der Waals surface area contributed by atoms with Gasteiger partial charge in [-0.2, -0.15) is 5.26 Å². The van der Waals surface area contributed by atoms with Crippen molar-refractivity contribution in [3.05, 3.63) is 34.9 Å². The van der Waals surface area contributed by atoms with Crippen LogP contribution in [0.1, 0.15) is 5.56 Å². The van der Waals surface area contributed by atoms with E-state index in [1.54, 1.807) is 0 Å². The Morgan fingerprint density at radius 3 is 2.08 bits per heavy atom. The molecule has 1 aromatic rings. The Hall–Kier alpha value is -1.57. The number of benzene rings is 1. The van der Waals surface area contributed by atoms with Crippen LogP contribution in [0, 0.1) is 40.7 Å². The standard InChI is InChI=1S/C7F4N/c8-4-1-5(9)7(11)6(10)3(4)2-12. The van der Waals surface area contributed by atoms with E-state index < -0.39 is 28.8 Å². The molecule has 0 aliphatic carbocycles. The maximum absolute atomic E-state index is 12.4. The summed E-state index contributed by atoms with van der Waals surface area (Å²) in [5.74, 6) is -7.03. The fourth-order valence-corrected chi connectivity index (χ4v) is 0.614. The molecule has 0 unspecified atom stereocenters. The minimum atomic E-state index is -1.90. The minimum absolute atomic E-state index is 1.04. The molecule has 0 saturated heterocycles. The molecular formula is C7F4N. The summed E-state index contributed by atoms with van der Waals surface area (Å²) in [6.45, 7) is 0. The number of hydrogen-bond acceptors (Lipinski definition) is 1. The highest BCUT2D eigenvalue weighted by molar-refractivity contribution is 5.32. The maximum Gasteiger partial charge on any atom is 0.196 e. The Bertz CT molecular complexity index is 367. The average Bonchev–Trinajstić information content (AvgIpc) is 2.01. The van der Waals surface area contributed by atoms with Crippen molar-refractivity contribution >= 4 is 0 Å². The predicted molar refractivity (Wildman–Crippen MR) is 29.8 cm³/mol. The van der Waals surface area contributed by atoms with Gasteiger partial charge in [0.1, 0.15) is 11.6 Å². The van der Waals surface area contributed by atoms with Crippen LogP contribution in [-0.2, 0) is 0 Å². The van der Waals surface area contributed by atoms with Crippen molar-refractivity contribution in [1.29, 1.82) is 5.26 Å². The van der Waals surface area contributed by atoms with E-state index in [4.69, 9.17) is 5.26 Å². The maximum atomic E-state index is 12.4. The van der Waals surface area contributed by atoms with Crippen LogP contribution in [0.4, 0.5) is 17.6 Å². The molecule has 0 atom stereocenters. The summed E-state index contributed by atoms with van der Waals surface area (Å²) in [6, 6.07) is 2.27. The van der Waals surface area contributed by atoms with Gasteiger partial charge in [0.2, 0.25) is 0 Å². The van der Waals surface area contributed by atoms with Crippen LogP contribution in [0.2, 0.25) is 0 Å². The Morgan fingerprint density at radius 2 is 1.58 bits per heavy atom. The lowest BCUT2D eigenvalue weighted by molar-refractivity contribution is 0.430. The first kappa shape index (κ1) is 8.53. The average molecular weight is 174 g/mol. The van der Waals surface area contributed by atoms with Gasteiger partial charge in [0.05, 0.1) is 6.07 Å². The van der Waals surface area contributed by atoms with Gasteiger partial charge in [0, 0.05) is 0 Å². The highest BCUT2D eigenvalue weighted by Gasteiger charge is 2.18. The molecule has 0 N–H and O–H groups in total. The molecule has 0 aliphatic rings. The van der Waals surface area contributed by atoms with Gasteiger partial charge in [-0.15, -0.1) is 0 Å². The van der Waals surface area contributed by atoms with Gasteiger partial charge >= 0.3 is 0 Å². The fraction of sp³-hybridized carbons (Fsp3) is 0. The van der Waals surface area contributed by atoms with Crippen LogP contribution in [0.25, 0.3) is 0 Å². The number of rotatable bonds is 0. The smallest absolute Gasteiger partial charge is 0.196 e. The first-order valence-electron chi connectivity index (χ1n) is 2.73. The van der Waals surface area contributed by atoms with Crippen molar-refractivity contribution in [3.8, 4) is 6.07 Å². The number of hydrogen-bond donors (Lipinski definition) is 0. The first-order valence-corrected chi connectivity index (χ1v) is 2.73. The zero-order valence-electron chi connectivity index (χ0n) is 5.46. The first-order chi connectivity index (χ1) is 5.57. The van der Waals surface area contributed by atoms with E-state index in [1.807, 2.05) is 0 Å². The van der Waals surface area contributed by atoms with E-state index in [0.29, 0.717) is 0 Å². The van der Waals surface area contributed by atoms with Crippen molar-refractivity contribution in [3.63, 3.8) is 0 Å². The lowest BCUT2D eigenvalue weighted by atomic mass is 10.2. The third-order valence-electron chi connectivity index (χ3n) is 1.16. The summed E-state index contributed by atoms with van der Waals surface area (Å²) in [6.07, 6.45) is 0. The Labute approximate surface area is 64.9 Å². The molecule has 1 aromatic carbocycles. The van der Waals surface area contributed by atoms with Crippen LogP contribution in [0.3, 0.4) is 0 Å². The normalized spacial score (nSPS) is 9.58. The molecule has 0 heterocycles. The molecule has 1 rings (SSSR count). The van der Waals surface area contributed by atoms with Crippen molar-refractivity contribution in [2.75, 3.05) is 0 Å². The molecular weight excluding hydrogens is 174 g/mol. The van der Waals surface area contributed by atoms with Crippen molar-refractivity contribution in [2.45, 2.75) is 0 Å². The summed E-state index contributed by atoms with van der Waals surface area (Å²) >= 11 is 0. The zero-order chi connectivity index (χ0) is 9.30. The Morgan fingerprint density at radius 1 is 1.00 bits per heavy atom. The molecule has 0 fully saturated rings. The van der Waals surface area contributed by atoms with Gasteiger partial charge in [0.15, 0.2) is 23.3 Å². The third kappa shape index (κ3) is 1.11. The molecule has 5 heteroatoms. The quantitative estimate of drug-likeness (QED) is 0.335. The highest BCUT2D eigenvalue weighted by Crippen LogP contribution is 2.17. The molecule has 0 aliphatic heterocycles. The zero-order valence-corrected chi connectivity index (χ0v) is 5.46. The van der Waals surface area contributed by atoms with Gasteiger partial charge in [-0.05, 0) is 0 Å². The lowest BCUT2D eigenvalue weighted by Gasteiger charge is -1.96. The van der Waals surface area contributed by atoms with Crippen molar-refractivity contribution < 1.29 is 17.6 Å². The molecule has 0 spiro atoms. The summed E-state index contributed by atoms with van der Waals surface area (Å²) < 4.78 is 49.2. The minimum Gasteiger partial charge on any atom is -0.205 e. The van der Waals surface area contributed by atoms with Gasteiger partial charge in [-0.1, -0.05) is 0 Å². The number of nitrogens with zero attached hydrogens (tertiary/aromatic N) is 1. The van der Waals surface area contributed by atoms with Crippen LogP contribution in [0.5, 0.6) is 0 Å². The summed E-state index contributed by atoms with van der Waals surface area (Å²) in [5, 5.41) is 8.08. The van der Waals surface area contributed by atoms with E-state index in [0.717, 1.165) is 6.07 Å². The summed E-state index contributed by atoms with van der Waals surface area (Å²) in [7, 11) is 0. The summed E-state index contributed by atoms with van der Waals surface area (Å²) in [4.78, 5) is 0. The molecule has 0 amide bonds. The molecule has 0 aromatic heterocycles. The van der Waals surface area contributed by atoms with E-state index >= 15 is 0 Å². The monoisotopic (exact) mass is 174 g/mol. The van der Waals surface area contributed by atoms with E-state index in [9.17, 15) is 17.6 Å². The van der Waals surface area contributed by atoms with Crippen molar-refractivity contribution in [2.24, 2.45) is 0 Å². The molecule has 1 nitrogen and oxygen atoms in total. The molecule has 12 heavy (non-hydrogen) atoms. The fourth-order valence-electron chi connectivity index (χ4n) is 0.614.